The van der Waals surface area contributed by atoms with Gasteiger partial charge in [-0.25, -0.2) is 4.39 Å². The average molecular weight is 356 g/mol. The molecule has 4 rings (SSSR count). The molecule has 0 radical (unpaired) electrons. The van der Waals surface area contributed by atoms with E-state index in [1.165, 1.54) is 40.1 Å². The smallest absolute Gasteiger partial charge is 0.207 e. The summed E-state index contributed by atoms with van der Waals surface area (Å²) in [7, 11) is 2.11. The van der Waals surface area contributed by atoms with Crippen LogP contribution in [0.1, 0.15) is 16.7 Å². The number of aromatic nitrogens is 1. The van der Waals surface area contributed by atoms with E-state index in [1.54, 1.807) is 0 Å². The summed E-state index contributed by atoms with van der Waals surface area (Å²) in [5, 5.41) is 1.16. The number of halogens is 1. The minimum Gasteiger partial charge on any atom is -0.207 e. The Kier molecular flexibility index (Phi) is 4.27. The minimum absolute atomic E-state index is 0.211. The van der Waals surface area contributed by atoms with Gasteiger partial charge in [-0.3, -0.25) is 0 Å². The number of hydrogen-bond donors (Lipinski definition) is 0. The van der Waals surface area contributed by atoms with Crippen molar-refractivity contribution in [2.75, 3.05) is 0 Å². The van der Waals surface area contributed by atoms with Crippen LogP contribution in [0.3, 0.4) is 0 Å². The Morgan fingerprint density at radius 2 is 1.52 bits per heavy atom. The van der Waals surface area contributed by atoms with Crippen molar-refractivity contribution in [3.05, 3.63) is 89.2 Å². The normalized spacial score (nSPS) is 11.1. The molecule has 0 saturated heterocycles. The maximum Gasteiger partial charge on any atom is 0.213 e. The largest absolute Gasteiger partial charge is 0.213 e. The second-order valence-corrected chi connectivity index (χ2v) is 7.28. The van der Waals surface area contributed by atoms with Crippen LogP contribution in [0.4, 0.5) is 4.39 Å². The molecule has 1 heterocycles. The molecule has 0 fully saturated rings. The van der Waals surface area contributed by atoms with E-state index in [2.05, 4.69) is 74.9 Å². The standard InChI is InChI=1S/C25H23FN/c1-16-14-17(2)18(3)23(15-16)25-13-12-22-21(6-5-7-24(22)27(25)4)19-8-10-20(26)11-9-19/h5-15H,1-4H3/q+1. The first-order valence-electron chi connectivity index (χ1n) is 9.21. The van der Waals surface area contributed by atoms with E-state index in [4.69, 9.17) is 0 Å². The highest BCUT2D eigenvalue weighted by molar-refractivity contribution is 5.93. The Hall–Kier alpha value is -3.00. The third-order valence-electron chi connectivity index (χ3n) is 5.46. The summed E-state index contributed by atoms with van der Waals surface area (Å²) in [4.78, 5) is 0. The third kappa shape index (κ3) is 3.02. The van der Waals surface area contributed by atoms with Crippen LogP contribution in [0.5, 0.6) is 0 Å². The molecule has 0 bridgehead atoms. The Morgan fingerprint density at radius 1 is 0.778 bits per heavy atom. The van der Waals surface area contributed by atoms with Crippen molar-refractivity contribution in [3.8, 4) is 22.4 Å². The zero-order valence-corrected chi connectivity index (χ0v) is 16.2. The second kappa shape index (κ2) is 6.62. The zero-order valence-electron chi connectivity index (χ0n) is 16.2. The SMILES string of the molecule is Cc1cc(C)c(C)c(-c2ccc3c(-c4ccc(F)cc4)cccc3[n+]2C)c1. The van der Waals surface area contributed by atoms with Gasteiger partial charge in [-0.1, -0.05) is 35.9 Å². The highest BCUT2D eigenvalue weighted by Crippen LogP contribution is 2.30. The van der Waals surface area contributed by atoms with Gasteiger partial charge in [-0.15, -0.1) is 0 Å². The van der Waals surface area contributed by atoms with Gasteiger partial charge in [-0.2, -0.15) is 4.57 Å². The molecule has 0 unspecified atom stereocenters. The predicted molar refractivity (Wildman–Crippen MR) is 110 cm³/mol. The number of fused-ring (bicyclic) bond motifs is 1. The number of nitrogens with zero attached hydrogens (tertiary/aromatic N) is 1. The van der Waals surface area contributed by atoms with Crippen molar-refractivity contribution < 1.29 is 8.96 Å². The van der Waals surface area contributed by atoms with Gasteiger partial charge in [0.2, 0.25) is 11.2 Å². The number of aryl methyl sites for hydroxylation is 3. The monoisotopic (exact) mass is 356 g/mol. The molecule has 0 amide bonds. The fraction of sp³-hybridized carbons (Fsp3) is 0.160. The lowest BCUT2D eigenvalue weighted by Gasteiger charge is -2.12. The van der Waals surface area contributed by atoms with Crippen molar-refractivity contribution in [1.82, 2.24) is 0 Å². The van der Waals surface area contributed by atoms with Crippen LogP contribution < -0.4 is 4.57 Å². The third-order valence-corrected chi connectivity index (χ3v) is 5.46. The van der Waals surface area contributed by atoms with Gasteiger partial charge in [-0.05, 0) is 67.3 Å². The Balaban J connectivity index is 1.96. The first kappa shape index (κ1) is 17.4. The molecule has 3 aromatic carbocycles. The van der Waals surface area contributed by atoms with Crippen LogP contribution in [0, 0.1) is 26.6 Å². The summed E-state index contributed by atoms with van der Waals surface area (Å²) in [6.07, 6.45) is 0. The number of pyridine rings is 1. The van der Waals surface area contributed by atoms with Gasteiger partial charge < -0.3 is 0 Å². The van der Waals surface area contributed by atoms with Crippen LogP contribution in [-0.2, 0) is 7.05 Å². The summed E-state index contributed by atoms with van der Waals surface area (Å²) < 4.78 is 15.6. The zero-order chi connectivity index (χ0) is 19.1. The fourth-order valence-electron chi connectivity index (χ4n) is 3.88. The van der Waals surface area contributed by atoms with Crippen molar-refractivity contribution in [1.29, 1.82) is 0 Å². The van der Waals surface area contributed by atoms with Crippen molar-refractivity contribution in [3.63, 3.8) is 0 Å². The van der Waals surface area contributed by atoms with E-state index >= 15 is 0 Å². The Morgan fingerprint density at radius 3 is 2.26 bits per heavy atom. The topological polar surface area (TPSA) is 3.88 Å². The molecule has 0 aliphatic rings. The second-order valence-electron chi connectivity index (χ2n) is 7.28. The van der Waals surface area contributed by atoms with Gasteiger partial charge >= 0.3 is 0 Å². The van der Waals surface area contributed by atoms with E-state index in [1.807, 2.05) is 12.1 Å². The summed E-state index contributed by atoms with van der Waals surface area (Å²) in [6.45, 7) is 6.49. The van der Waals surface area contributed by atoms with Crippen LogP contribution >= 0.6 is 0 Å². The van der Waals surface area contributed by atoms with Crippen molar-refractivity contribution in [2.45, 2.75) is 20.8 Å². The van der Waals surface area contributed by atoms with Gasteiger partial charge in [0.1, 0.15) is 12.9 Å². The highest BCUT2D eigenvalue weighted by atomic mass is 19.1. The molecular formula is C25H23FN+. The van der Waals surface area contributed by atoms with Crippen molar-refractivity contribution >= 4 is 10.9 Å². The molecule has 0 N–H and O–H groups in total. The lowest BCUT2D eigenvalue weighted by molar-refractivity contribution is -0.633. The van der Waals surface area contributed by atoms with Crippen LogP contribution in [0.25, 0.3) is 33.3 Å². The van der Waals surface area contributed by atoms with E-state index in [0.717, 1.165) is 22.0 Å². The molecule has 1 aromatic heterocycles. The molecular weight excluding hydrogens is 333 g/mol. The minimum atomic E-state index is -0.211. The molecule has 0 aliphatic heterocycles. The summed E-state index contributed by atoms with van der Waals surface area (Å²) in [5.41, 5.74) is 9.66. The molecule has 0 saturated carbocycles. The average Bonchev–Trinajstić information content (AvgIpc) is 2.66. The lowest BCUT2D eigenvalue weighted by atomic mass is 9.95. The van der Waals surface area contributed by atoms with Crippen LogP contribution in [-0.4, -0.2) is 0 Å². The summed E-state index contributed by atoms with van der Waals surface area (Å²) in [5.74, 6) is -0.211. The van der Waals surface area contributed by atoms with E-state index < -0.39 is 0 Å². The quantitative estimate of drug-likeness (QED) is 0.384. The van der Waals surface area contributed by atoms with Crippen LogP contribution in [0.2, 0.25) is 0 Å². The molecule has 0 spiro atoms. The van der Waals surface area contributed by atoms with Gasteiger partial charge in [0.05, 0.1) is 5.39 Å². The molecule has 4 aromatic rings. The van der Waals surface area contributed by atoms with Crippen molar-refractivity contribution in [2.24, 2.45) is 7.05 Å². The van der Waals surface area contributed by atoms with Gasteiger partial charge in [0.15, 0.2) is 0 Å². The number of hydrogen-bond acceptors (Lipinski definition) is 0. The van der Waals surface area contributed by atoms with Crippen LogP contribution in [0.15, 0.2) is 66.7 Å². The molecule has 134 valence electrons. The highest BCUT2D eigenvalue weighted by Gasteiger charge is 2.18. The first-order chi connectivity index (χ1) is 13.0. The van der Waals surface area contributed by atoms with E-state index in [9.17, 15) is 4.39 Å². The maximum atomic E-state index is 13.3. The number of rotatable bonds is 2. The first-order valence-corrected chi connectivity index (χ1v) is 9.21. The molecule has 0 aliphatic carbocycles. The number of benzene rings is 3. The van der Waals surface area contributed by atoms with Gasteiger partial charge in [0, 0.05) is 17.7 Å². The maximum absolute atomic E-state index is 13.3. The molecule has 27 heavy (non-hydrogen) atoms. The fourth-order valence-corrected chi connectivity index (χ4v) is 3.88. The molecule has 2 heteroatoms. The summed E-state index contributed by atoms with van der Waals surface area (Å²) >= 11 is 0. The Bertz CT molecular complexity index is 1160. The van der Waals surface area contributed by atoms with Gasteiger partial charge in [0.25, 0.3) is 0 Å². The Labute approximate surface area is 159 Å². The molecule has 0 atom stereocenters. The lowest BCUT2D eigenvalue weighted by Crippen LogP contribution is -2.32. The summed E-state index contributed by atoms with van der Waals surface area (Å²) in [6, 6.07) is 21.9. The van der Waals surface area contributed by atoms with E-state index in [0.29, 0.717) is 0 Å². The van der Waals surface area contributed by atoms with E-state index in [-0.39, 0.29) is 5.82 Å². The predicted octanol–water partition coefficient (Wildman–Crippen LogP) is 6.06. The molecule has 1 nitrogen and oxygen atoms in total.